The van der Waals surface area contributed by atoms with Crippen molar-refractivity contribution in [2.24, 2.45) is 0 Å². The maximum absolute atomic E-state index is 13.5. The van der Waals surface area contributed by atoms with Crippen LogP contribution in [0, 0.1) is 17.5 Å². The summed E-state index contributed by atoms with van der Waals surface area (Å²) in [6.45, 7) is 0. The van der Waals surface area contributed by atoms with Crippen molar-refractivity contribution in [2.75, 3.05) is 17.7 Å². The van der Waals surface area contributed by atoms with E-state index in [1.165, 1.54) is 18.5 Å². The van der Waals surface area contributed by atoms with Gasteiger partial charge >= 0.3 is 0 Å². The first-order chi connectivity index (χ1) is 9.52. The highest BCUT2D eigenvalue weighted by Crippen LogP contribution is 2.21. The Morgan fingerprint density at radius 3 is 2.65 bits per heavy atom. The number of nitrogens with zero attached hydrogens (tertiary/aromatic N) is 1. The predicted molar refractivity (Wildman–Crippen MR) is 68.1 cm³/mol. The van der Waals surface area contributed by atoms with Crippen LogP contribution in [-0.4, -0.2) is 17.9 Å². The SMILES string of the molecule is CNc1cnccc1C(=O)Nc1cc(F)cc(F)c1F. The first kappa shape index (κ1) is 13.9. The van der Waals surface area contributed by atoms with Crippen molar-refractivity contribution < 1.29 is 18.0 Å². The smallest absolute Gasteiger partial charge is 0.257 e. The summed E-state index contributed by atoms with van der Waals surface area (Å²) in [4.78, 5) is 15.8. The third-order valence-corrected chi connectivity index (χ3v) is 2.58. The van der Waals surface area contributed by atoms with Gasteiger partial charge in [-0.25, -0.2) is 13.2 Å². The second-order valence-corrected chi connectivity index (χ2v) is 3.87. The van der Waals surface area contributed by atoms with E-state index in [9.17, 15) is 18.0 Å². The van der Waals surface area contributed by atoms with E-state index in [-0.39, 0.29) is 5.56 Å². The van der Waals surface area contributed by atoms with Gasteiger partial charge in [-0.1, -0.05) is 0 Å². The highest BCUT2D eigenvalue weighted by atomic mass is 19.2. The van der Waals surface area contributed by atoms with Crippen LogP contribution in [0.2, 0.25) is 0 Å². The first-order valence-corrected chi connectivity index (χ1v) is 5.60. The lowest BCUT2D eigenvalue weighted by atomic mass is 10.2. The standard InChI is InChI=1S/C13H10F3N3O/c1-17-11-6-18-3-2-8(11)13(20)19-10-5-7(14)4-9(15)12(10)16/h2-6,17H,1H3,(H,19,20). The minimum atomic E-state index is -1.37. The summed E-state index contributed by atoms with van der Waals surface area (Å²) in [7, 11) is 1.58. The molecule has 0 bridgehead atoms. The number of pyridine rings is 1. The first-order valence-electron chi connectivity index (χ1n) is 5.60. The van der Waals surface area contributed by atoms with Gasteiger partial charge in [0.15, 0.2) is 11.6 Å². The summed E-state index contributed by atoms with van der Waals surface area (Å²) in [5.74, 6) is -4.38. The molecule has 0 aliphatic carbocycles. The molecule has 2 aromatic rings. The molecule has 0 atom stereocenters. The monoisotopic (exact) mass is 281 g/mol. The second kappa shape index (κ2) is 5.60. The Hall–Kier alpha value is -2.57. The van der Waals surface area contributed by atoms with Gasteiger partial charge in [-0.05, 0) is 6.07 Å². The zero-order chi connectivity index (χ0) is 14.7. The zero-order valence-electron chi connectivity index (χ0n) is 10.4. The van der Waals surface area contributed by atoms with Crippen LogP contribution in [0.4, 0.5) is 24.5 Å². The molecule has 7 heteroatoms. The van der Waals surface area contributed by atoms with Crippen LogP contribution < -0.4 is 10.6 Å². The molecule has 2 rings (SSSR count). The second-order valence-electron chi connectivity index (χ2n) is 3.87. The number of nitrogens with one attached hydrogen (secondary N) is 2. The largest absolute Gasteiger partial charge is 0.386 e. The third kappa shape index (κ3) is 2.71. The Balaban J connectivity index is 2.33. The van der Waals surface area contributed by atoms with Crippen LogP contribution in [0.25, 0.3) is 0 Å². The number of carbonyl (C=O) groups is 1. The molecule has 20 heavy (non-hydrogen) atoms. The van der Waals surface area contributed by atoms with E-state index < -0.39 is 29.0 Å². The highest BCUT2D eigenvalue weighted by Gasteiger charge is 2.16. The van der Waals surface area contributed by atoms with E-state index in [0.717, 1.165) is 0 Å². The van der Waals surface area contributed by atoms with Gasteiger partial charge < -0.3 is 10.6 Å². The van der Waals surface area contributed by atoms with Crippen LogP contribution in [0.15, 0.2) is 30.6 Å². The van der Waals surface area contributed by atoms with Gasteiger partial charge in [-0.15, -0.1) is 0 Å². The van der Waals surface area contributed by atoms with E-state index in [4.69, 9.17) is 0 Å². The molecule has 1 aromatic heterocycles. The molecule has 0 aliphatic heterocycles. The van der Waals surface area contributed by atoms with Gasteiger partial charge in [0.2, 0.25) is 0 Å². The molecule has 0 fully saturated rings. The fourth-order valence-electron chi connectivity index (χ4n) is 1.63. The van der Waals surface area contributed by atoms with E-state index in [0.29, 0.717) is 17.8 Å². The van der Waals surface area contributed by atoms with Crippen LogP contribution in [0.1, 0.15) is 10.4 Å². The number of anilines is 2. The van der Waals surface area contributed by atoms with Crippen LogP contribution in [0.5, 0.6) is 0 Å². The number of carbonyl (C=O) groups excluding carboxylic acids is 1. The summed E-state index contributed by atoms with van der Waals surface area (Å²) >= 11 is 0. The lowest BCUT2D eigenvalue weighted by Crippen LogP contribution is -2.15. The predicted octanol–water partition coefficient (Wildman–Crippen LogP) is 2.79. The number of rotatable bonds is 3. The lowest BCUT2D eigenvalue weighted by Gasteiger charge is -2.10. The van der Waals surface area contributed by atoms with Crippen LogP contribution in [-0.2, 0) is 0 Å². The molecule has 4 nitrogen and oxygen atoms in total. The summed E-state index contributed by atoms with van der Waals surface area (Å²) in [6.07, 6.45) is 2.77. The average molecular weight is 281 g/mol. The molecule has 0 unspecified atom stereocenters. The Bertz CT molecular complexity index is 661. The van der Waals surface area contributed by atoms with Gasteiger partial charge in [0.05, 0.1) is 23.1 Å². The molecule has 0 saturated heterocycles. The lowest BCUT2D eigenvalue weighted by molar-refractivity contribution is 0.102. The van der Waals surface area contributed by atoms with Crippen molar-refractivity contribution in [2.45, 2.75) is 0 Å². The molecule has 0 aliphatic rings. The van der Waals surface area contributed by atoms with Crippen molar-refractivity contribution in [1.82, 2.24) is 4.98 Å². The maximum Gasteiger partial charge on any atom is 0.257 e. The Kier molecular flexibility index (Phi) is 3.88. The number of benzene rings is 1. The molecule has 0 radical (unpaired) electrons. The molecule has 0 spiro atoms. The van der Waals surface area contributed by atoms with Crippen LogP contribution >= 0.6 is 0 Å². The molecule has 2 N–H and O–H groups in total. The topological polar surface area (TPSA) is 54.0 Å². The third-order valence-electron chi connectivity index (χ3n) is 2.58. The van der Waals surface area contributed by atoms with E-state index in [2.05, 4.69) is 15.6 Å². The van der Waals surface area contributed by atoms with Gasteiger partial charge in [-0.2, -0.15) is 0 Å². The molecule has 1 heterocycles. The number of hydrogen-bond acceptors (Lipinski definition) is 3. The van der Waals surface area contributed by atoms with Crippen molar-refractivity contribution in [3.05, 3.63) is 53.6 Å². The van der Waals surface area contributed by atoms with Gasteiger partial charge in [0, 0.05) is 25.4 Å². The minimum Gasteiger partial charge on any atom is -0.386 e. The molecular formula is C13H10F3N3O. The number of amides is 1. The van der Waals surface area contributed by atoms with Gasteiger partial charge in [0.1, 0.15) is 5.82 Å². The summed E-state index contributed by atoms with van der Waals surface area (Å²) in [6, 6.07) is 2.50. The fourth-order valence-corrected chi connectivity index (χ4v) is 1.63. The summed E-state index contributed by atoms with van der Waals surface area (Å²) < 4.78 is 39.5. The molecule has 1 aromatic carbocycles. The summed E-state index contributed by atoms with van der Waals surface area (Å²) in [5.41, 5.74) is 0.0141. The molecule has 1 amide bonds. The van der Waals surface area contributed by atoms with Crippen molar-refractivity contribution >= 4 is 17.3 Å². The molecular weight excluding hydrogens is 271 g/mol. The Morgan fingerprint density at radius 2 is 1.95 bits per heavy atom. The normalized spacial score (nSPS) is 10.2. The maximum atomic E-state index is 13.5. The number of hydrogen-bond donors (Lipinski definition) is 2. The Labute approximate surface area is 112 Å². The van der Waals surface area contributed by atoms with Crippen molar-refractivity contribution in [3.63, 3.8) is 0 Å². The van der Waals surface area contributed by atoms with E-state index in [1.54, 1.807) is 7.05 Å². The Morgan fingerprint density at radius 1 is 1.20 bits per heavy atom. The quantitative estimate of drug-likeness (QED) is 0.851. The van der Waals surface area contributed by atoms with Crippen LogP contribution in [0.3, 0.4) is 0 Å². The molecule has 104 valence electrons. The summed E-state index contributed by atoms with van der Waals surface area (Å²) in [5, 5.41) is 4.86. The zero-order valence-corrected chi connectivity index (χ0v) is 10.4. The number of aromatic nitrogens is 1. The van der Waals surface area contributed by atoms with E-state index in [1.807, 2.05) is 0 Å². The van der Waals surface area contributed by atoms with Crippen molar-refractivity contribution in [1.29, 1.82) is 0 Å². The van der Waals surface area contributed by atoms with E-state index >= 15 is 0 Å². The number of halogens is 3. The van der Waals surface area contributed by atoms with Crippen molar-refractivity contribution in [3.8, 4) is 0 Å². The van der Waals surface area contributed by atoms with Gasteiger partial charge in [0.25, 0.3) is 5.91 Å². The minimum absolute atomic E-state index is 0.173. The van der Waals surface area contributed by atoms with Gasteiger partial charge in [-0.3, -0.25) is 9.78 Å². The molecule has 0 saturated carbocycles. The fraction of sp³-hybridized carbons (Fsp3) is 0.0769. The highest BCUT2D eigenvalue weighted by molar-refractivity contribution is 6.07. The average Bonchev–Trinajstić information content (AvgIpc) is 2.44.